The summed E-state index contributed by atoms with van der Waals surface area (Å²) in [6.45, 7) is 3.95. The van der Waals surface area contributed by atoms with Crippen molar-refractivity contribution >= 4 is 19.8 Å². The molecule has 0 N–H and O–H groups in total. The minimum absolute atomic E-state index is 0.0473. The zero-order valence-electron chi connectivity index (χ0n) is 58.9. The van der Waals surface area contributed by atoms with Crippen LogP contribution < -0.4 is 4.89 Å². The zero-order valence-corrected chi connectivity index (χ0v) is 59.8. The largest absolute Gasteiger partial charge is 0.756 e. The van der Waals surface area contributed by atoms with Gasteiger partial charge in [0, 0.05) is 12.8 Å². The number of ether oxygens (including phenoxy) is 2. The van der Waals surface area contributed by atoms with Gasteiger partial charge in [0.15, 0.2) is 6.10 Å². The number of rotatable bonds is 64. The lowest BCUT2D eigenvalue weighted by atomic mass is 10.0. The fourth-order valence-electron chi connectivity index (χ4n) is 9.16. The number of phosphoric ester groups is 1. The van der Waals surface area contributed by atoms with E-state index in [1.807, 2.05) is 21.1 Å². The minimum atomic E-state index is -4.67. The van der Waals surface area contributed by atoms with Crippen LogP contribution in [0.1, 0.15) is 258 Å². The van der Waals surface area contributed by atoms with E-state index in [-0.39, 0.29) is 26.1 Å². The van der Waals surface area contributed by atoms with Crippen LogP contribution in [0.4, 0.5) is 0 Å². The second-order valence-corrected chi connectivity index (χ2v) is 25.9. The number of carbonyl (C=O) groups excluding carboxylic acids is 2. The van der Waals surface area contributed by atoms with Gasteiger partial charge in [0.05, 0.1) is 27.7 Å². The van der Waals surface area contributed by atoms with Crippen molar-refractivity contribution < 1.29 is 42.1 Å². The molecular weight excluding hydrogens is 1160 g/mol. The molecule has 0 heterocycles. The van der Waals surface area contributed by atoms with E-state index in [9.17, 15) is 19.0 Å². The molecule has 0 saturated heterocycles. The first-order valence-electron chi connectivity index (χ1n) is 36.1. The van der Waals surface area contributed by atoms with Crippen LogP contribution in [0.15, 0.2) is 194 Å². The lowest BCUT2D eigenvalue weighted by Crippen LogP contribution is -2.37. The first kappa shape index (κ1) is 86.9. The van der Waals surface area contributed by atoms with Crippen LogP contribution in [0.25, 0.3) is 0 Å². The number of allylic oxidation sites excluding steroid dienone is 32. The van der Waals surface area contributed by atoms with E-state index in [2.05, 4.69) is 208 Å². The first-order chi connectivity index (χ1) is 45.0. The van der Waals surface area contributed by atoms with Crippen LogP contribution in [0.5, 0.6) is 0 Å². The van der Waals surface area contributed by atoms with Gasteiger partial charge >= 0.3 is 11.9 Å². The highest BCUT2D eigenvalue weighted by Crippen LogP contribution is 2.38. The van der Waals surface area contributed by atoms with Crippen LogP contribution in [-0.4, -0.2) is 70.0 Å². The maximum absolute atomic E-state index is 12.9. The summed E-state index contributed by atoms with van der Waals surface area (Å²) in [7, 11) is 1.12. The van der Waals surface area contributed by atoms with Gasteiger partial charge in [-0.25, -0.2) is 0 Å². The average Bonchev–Trinajstić information content (AvgIpc) is 2.23. The quantitative estimate of drug-likeness (QED) is 0.0195. The first-order valence-corrected chi connectivity index (χ1v) is 37.6. The zero-order chi connectivity index (χ0) is 66.9. The van der Waals surface area contributed by atoms with Gasteiger partial charge in [-0.1, -0.05) is 298 Å². The predicted octanol–water partition coefficient (Wildman–Crippen LogP) is 23.4. The number of esters is 2. The fourth-order valence-corrected chi connectivity index (χ4v) is 9.89. The lowest BCUT2D eigenvalue weighted by Gasteiger charge is -2.28. The van der Waals surface area contributed by atoms with Crippen molar-refractivity contribution in [2.45, 2.75) is 264 Å². The molecule has 10 heteroatoms. The van der Waals surface area contributed by atoms with Crippen molar-refractivity contribution in [1.29, 1.82) is 0 Å². The minimum Gasteiger partial charge on any atom is -0.756 e. The number of likely N-dealkylation sites (N-methyl/N-ethyl adjacent to an activating group) is 1. The lowest BCUT2D eigenvalue weighted by molar-refractivity contribution is -0.870. The number of unbranched alkanes of at least 4 members (excludes halogenated alkanes) is 18. The molecule has 0 aliphatic heterocycles. The molecule has 0 saturated carbocycles. The number of quaternary nitrogens is 1. The summed E-state index contributed by atoms with van der Waals surface area (Å²) in [5.74, 6) is -0.894. The second-order valence-electron chi connectivity index (χ2n) is 24.5. The van der Waals surface area contributed by atoms with Gasteiger partial charge in [-0.05, 0) is 141 Å². The van der Waals surface area contributed by atoms with Gasteiger partial charge in [0.25, 0.3) is 7.82 Å². The second kappa shape index (κ2) is 70.2. The molecule has 0 amide bonds. The van der Waals surface area contributed by atoms with E-state index in [1.54, 1.807) is 0 Å². The Bertz CT molecular complexity index is 2260. The molecule has 0 radical (unpaired) electrons. The number of hydrogen-bond donors (Lipinski definition) is 0. The Morgan fingerprint density at radius 1 is 0.337 bits per heavy atom. The van der Waals surface area contributed by atoms with Crippen molar-refractivity contribution in [2.24, 2.45) is 0 Å². The summed E-state index contributed by atoms with van der Waals surface area (Å²) < 4.78 is 34.3. The Labute approximate surface area is 564 Å². The third kappa shape index (κ3) is 73.9. The van der Waals surface area contributed by atoms with Crippen molar-refractivity contribution in [3.05, 3.63) is 194 Å². The highest BCUT2D eigenvalue weighted by molar-refractivity contribution is 7.45. The molecule has 0 aromatic heterocycles. The molecule has 0 spiro atoms. The van der Waals surface area contributed by atoms with Crippen molar-refractivity contribution in [2.75, 3.05) is 47.5 Å². The molecule has 0 bridgehead atoms. The van der Waals surface area contributed by atoms with Crippen LogP contribution in [0.2, 0.25) is 0 Å². The van der Waals surface area contributed by atoms with E-state index in [0.717, 1.165) is 135 Å². The summed E-state index contributed by atoms with van der Waals surface area (Å²) >= 11 is 0. The number of carbonyl (C=O) groups is 2. The number of phosphoric acid groups is 1. The Kier molecular flexibility index (Phi) is 66.2. The summed E-state index contributed by atoms with van der Waals surface area (Å²) in [6, 6.07) is 0. The molecule has 2 unspecified atom stereocenters. The molecule has 9 nitrogen and oxygen atoms in total. The third-order valence-electron chi connectivity index (χ3n) is 14.6. The molecule has 0 fully saturated rings. The molecule has 92 heavy (non-hydrogen) atoms. The third-order valence-corrected chi connectivity index (χ3v) is 15.6. The summed E-state index contributed by atoms with van der Waals surface area (Å²) in [4.78, 5) is 38.1. The molecule has 0 aliphatic carbocycles. The average molecular weight is 1290 g/mol. The van der Waals surface area contributed by atoms with Crippen LogP contribution in [-0.2, 0) is 32.7 Å². The van der Waals surface area contributed by atoms with Crippen LogP contribution >= 0.6 is 7.82 Å². The Hall–Kier alpha value is -5.15. The van der Waals surface area contributed by atoms with Crippen molar-refractivity contribution in [3.63, 3.8) is 0 Å². The summed E-state index contributed by atoms with van der Waals surface area (Å²) in [5.41, 5.74) is 0. The van der Waals surface area contributed by atoms with Gasteiger partial charge in [0.1, 0.15) is 19.8 Å². The van der Waals surface area contributed by atoms with Crippen molar-refractivity contribution in [1.82, 2.24) is 0 Å². The van der Waals surface area contributed by atoms with E-state index >= 15 is 0 Å². The van der Waals surface area contributed by atoms with E-state index in [1.165, 1.54) is 83.5 Å². The summed E-state index contributed by atoms with van der Waals surface area (Å²) in [5, 5.41) is 0. The van der Waals surface area contributed by atoms with Gasteiger partial charge in [0.2, 0.25) is 0 Å². The normalized spacial score (nSPS) is 14.3. The van der Waals surface area contributed by atoms with Gasteiger partial charge in [-0.3, -0.25) is 14.2 Å². The van der Waals surface area contributed by atoms with Crippen molar-refractivity contribution in [3.8, 4) is 0 Å². The molecule has 0 aliphatic rings. The van der Waals surface area contributed by atoms with Gasteiger partial charge < -0.3 is 27.9 Å². The SMILES string of the molecule is CC/C=C\C/C=C\C/C=C\C/C=C\C/C=C\C/C=C\C/C=C\C/C=C\CCCCCCCCCCCCCCCCCCC(=O)OC(COC(=O)CCCC/C=C\C/C=C\C/C=C\C/C=C\C/C=C\C/C=C\C/C=C\C/C=C\CC)COP(=O)([O-])OCC[N+](C)(C)C. The molecule has 0 aromatic carbocycles. The van der Waals surface area contributed by atoms with E-state index in [0.29, 0.717) is 23.9 Å². The van der Waals surface area contributed by atoms with Gasteiger partial charge in [-0.15, -0.1) is 0 Å². The standard InChI is InChI=1S/C82H132NO8P/c1-6-8-10-12-14-16-18-20-22-24-26-28-30-32-34-35-36-37-38-39-40-41-42-43-44-45-46-47-49-51-53-55-57-59-61-63-65-67-69-71-73-75-82(85)91-80(79-90-92(86,87)89-77-76-83(3,4)5)78-88-81(84)74-72-70-68-66-64-62-60-58-56-54-52-50-48-33-31-29-27-25-23-21-19-17-15-13-11-9-7-2/h8-11,14-17,20-23,26-29,32-34,36-37,39-40,42-43,48,52,54,58,60,64,66,80H,6-7,12-13,18-19,24-25,30-31,35,38,41,44-47,49-51,53,55-57,59,61-63,65,67-79H2,1-5H3/b10-8-,11-9-,16-14-,17-15-,22-20-,23-21-,28-26-,29-27-,34-32-,37-36-,40-39-,43-42-,48-33-,54-52-,60-58-,66-64-. The molecule has 518 valence electrons. The number of nitrogens with zero attached hydrogens (tertiary/aromatic N) is 1. The maximum atomic E-state index is 12.9. The smallest absolute Gasteiger partial charge is 0.306 e. The van der Waals surface area contributed by atoms with Gasteiger partial charge in [-0.2, -0.15) is 0 Å². The molecule has 0 aromatic rings. The highest BCUT2D eigenvalue weighted by Gasteiger charge is 2.22. The Morgan fingerprint density at radius 3 is 0.891 bits per heavy atom. The van der Waals surface area contributed by atoms with E-state index in [4.69, 9.17) is 18.5 Å². The number of hydrogen-bond acceptors (Lipinski definition) is 8. The maximum Gasteiger partial charge on any atom is 0.306 e. The Morgan fingerprint density at radius 2 is 0.587 bits per heavy atom. The topological polar surface area (TPSA) is 111 Å². The van der Waals surface area contributed by atoms with E-state index < -0.39 is 32.5 Å². The molecular formula is C82H132NO8P. The molecule has 2 atom stereocenters. The van der Waals surface area contributed by atoms with Crippen LogP contribution in [0, 0.1) is 0 Å². The summed E-state index contributed by atoms with van der Waals surface area (Å²) in [6.07, 6.45) is 109. The highest BCUT2D eigenvalue weighted by atomic mass is 31.2. The fraction of sp³-hybridized carbons (Fsp3) is 0.585. The Balaban J connectivity index is 4.12. The monoisotopic (exact) mass is 1290 g/mol. The predicted molar refractivity (Wildman–Crippen MR) is 396 cm³/mol. The molecule has 0 rings (SSSR count). The van der Waals surface area contributed by atoms with Crippen LogP contribution in [0.3, 0.4) is 0 Å².